The lowest BCUT2D eigenvalue weighted by Gasteiger charge is -2.40. The van der Waals surface area contributed by atoms with Crippen LogP contribution in [-0.4, -0.2) is 10.4 Å². The van der Waals surface area contributed by atoms with E-state index in [9.17, 15) is 20.8 Å². The fourth-order valence-corrected chi connectivity index (χ4v) is 3.70. The fraction of sp³-hybridized carbons (Fsp3) is 0.571. The van der Waals surface area contributed by atoms with Crippen LogP contribution in [0.25, 0.3) is 0 Å². The highest BCUT2D eigenvalue weighted by Crippen LogP contribution is 2.54. The van der Waals surface area contributed by atoms with Crippen LogP contribution in [0.3, 0.4) is 0 Å². The van der Waals surface area contributed by atoms with Crippen molar-refractivity contribution in [1.82, 2.24) is 0 Å². The molecule has 20 heavy (non-hydrogen) atoms. The van der Waals surface area contributed by atoms with Crippen molar-refractivity contribution in [2.45, 2.75) is 51.9 Å². The van der Waals surface area contributed by atoms with Crippen molar-refractivity contribution < 1.29 is 10.4 Å². The number of hydrogen-bond donors (Lipinski definition) is 2. The van der Waals surface area contributed by atoms with Crippen molar-refractivity contribution in [3.8, 4) is 0 Å². The zero-order valence-electron chi connectivity index (χ0n) is 12.4. The summed E-state index contributed by atoms with van der Waals surface area (Å²) >= 11 is 0. The van der Waals surface area contributed by atoms with Gasteiger partial charge >= 0.3 is 0 Å². The molecule has 0 heterocycles. The lowest BCUT2D eigenvalue weighted by atomic mass is 9.81. The van der Waals surface area contributed by atoms with Gasteiger partial charge in [0.25, 0.3) is 0 Å². The van der Waals surface area contributed by atoms with E-state index in [1.165, 1.54) is 6.92 Å². The van der Waals surface area contributed by atoms with E-state index in [0.717, 1.165) is 17.5 Å². The molecular formula is C14H20N2O4-2. The third-order valence-corrected chi connectivity index (χ3v) is 4.21. The summed E-state index contributed by atoms with van der Waals surface area (Å²) in [5, 5.41) is 41.0. The minimum Gasteiger partial charge on any atom is -0.769 e. The van der Waals surface area contributed by atoms with Crippen molar-refractivity contribution >= 4 is 11.4 Å². The number of fused-ring (bicyclic) bond motifs is 1. The summed E-state index contributed by atoms with van der Waals surface area (Å²) in [7, 11) is 0. The van der Waals surface area contributed by atoms with Crippen molar-refractivity contribution in [2.24, 2.45) is 0 Å². The van der Waals surface area contributed by atoms with Gasteiger partial charge in [-0.15, -0.1) is 5.23 Å². The van der Waals surface area contributed by atoms with Crippen LogP contribution in [0.4, 0.5) is 11.4 Å². The van der Waals surface area contributed by atoms with Crippen LogP contribution < -0.4 is 10.5 Å². The summed E-state index contributed by atoms with van der Waals surface area (Å²) in [5.74, 6) is 0. The Morgan fingerprint density at radius 2 is 1.65 bits per heavy atom. The van der Waals surface area contributed by atoms with Gasteiger partial charge in [-0.2, -0.15) is 0 Å². The van der Waals surface area contributed by atoms with Gasteiger partial charge in [-0.3, -0.25) is 10.4 Å². The van der Waals surface area contributed by atoms with E-state index in [4.69, 9.17) is 0 Å². The molecule has 0 atom stereocenters. The first-order valence-corrected chi connectivity index (χ1v) is 6.50. The molecule has 0 saturated carbocycles. The average Bonchev–Trinajstić information content (AvgIpc) is 2.42. The molecule has 0 aromatic heterocycles. The topological polar surface area (TPSA) is 93.1 Å². The Bertz CT molecular complexity index is 551. The van der Waals surface area contributed by atoms with Gasteiger partial charge in [-0.05, 0) is 46.9 Å². The van der Waals surface area contributed by atoms with Crippen molar-refractivity contribution in [1.29, 1.82) is 0 Å². The molecule has 0 spiro atoms. The normalized spacial score (nSPS) is 18.9. The third kappa shape index (κ3) is 2.05. The Labute approximate surface area is 118 Å². The molecule has 6 heteroatoms. The second kappa shape index (κ2) is 4.33. The minimum atomic E-state index is -0.482. The molecule has 0 fully saturated rings. The van der Waals surface area contributed by atoms with Crippen LogP contribution in [-0.2, 0) is 10.8 Å². The van der Waals surface area contributed by atoms with Gasteiger partial charge in [-0.25, -0.2) is 0 Å². The van der Waals surface area contributed by atoms with Gasteiger partial charge in [0.2, 0.25) is 0 Å². The molecule has 112 valence electrons. The van der Waals surface area contributed by atoms with Gasteiger partial charge in [0.15, 0.2) is 0 Å². The van der Waals surface area contributed by atoms with E-state index in [0.29, 0.717) is 0 Å². The van der Waals surface area contributed by atoms with Gasteiger partial charge in [0.05, 0.1) is 0 Å². The van der Waals surface area contributed by atoms with Gasteiger partial charge in [-0.1, -0.05) is 27.7 Å². The standard InChI is InChI=1S/C14H20N2O4/c1-8-10(15(17)18)6-9-11(12(8)16(19)20)14(4,5)7-13(9,2)3/h6,19-20H,7H2,1-5H3/q-2. The Hall–Kier alpha value is -1.34. The van der Waals surface area contributed by atoms with E-state index in [2.05, 4.69) is 0 Å². The number of rotatable bonds is 2. The first kappa shape index (κ1) is 15.1. The molecule has 1 aromatic carbocycles. The first-order valence-electron chi connectivity index (χ1n) is 6.50. The average molecular weight is 280 g/mol. The maximum absolute atomic E-state index is 11.2. The summed E-state index contributed by atoms with van der Waals surface area (Å²) in [6.45, 7) is 9.59. The molecule has 1 aliphatic rings. The zero-order valence-corrected chi connectivity index (χ0v) is 12.4. The molecule has 0 aliphatic heterocycles. The Morgan fingerprint density at radius 1 is 1.10 bits per heavy atom. The second-order valence-electron chi connectivity index (χ2n) is 6.78. The number of nitrogens with zero attached hydrogens (tertiary/aromatic N) is 2. The molecule has 0 saturated heterocycles. The number of anilines is 2. The van der Waals surface area contributed by atoms with E-state index in [-0.39, 0.29) is 33.0 Å². The highest BCUT2D eigenvalue weighted by molar-refractivity contribution is 5.75. The van der Waals surface area contributed by atoms with Crippen LogP contribution in [0.15, 0.2) is 6.07 Å². The number of hydrogen-bond acceptors (Lipinski definition) is 6. The van der Waals surface area contributed by atoms with Crippen LogP contribution in [0.1, 0.15) is 50.8 Å². The molecule has 2 rings (SSSR count). The SMILES string of the molecule is Cc1c(N([O-])[O-])cc2c(c1N(O)O)C(C)(C)CC2(C)C. The summed E-state index contributed by atoms with van der Waals surface area (Å²) in [4.78, 5) is 0. The van der Waals surface area contributed by atoms with E-state index < -0.39 is 5.23 Å². The second-order valence-corrected chi connectivity index (χ2v) is 6.78. The number of benzene rings is 1. The van der Waals surface area contributed by atoms with Crippen LogP contribution in [0, 0.1) is 17.3 Å². The summed E-state index contributed by atoms with van der Waals surface area (Å²) in [6, 6.07) is 1.58. The van der Waals surface area contributed by atoms with Crippen molar-refractivity contribution in [2.75, 3.05) is 10.5 Å². The van der Waals surface area contributed by atoms with Crippen LogP contribution in [0.2, 0.25) is 0 Å². The molecule has 0 unspecified atom stereocenters. The molecular weight excluding hydrogens is 260 g/mol. The highest BCUT2D eigenvalue weighted by Gasteiger charge is 2.45. The smallest absolute Gasteiger partial charge is 0.103 e. The maximum Gasteiger partial charge on any atom is 0.103 e. The maximum atomic E-state index is 11.2. The van der Waals surface area contributed by atoms with E-state index in [1.807, 2.05) is 27.7 Å². The molecule has 0 radical (unpaired) electrons. The Balaban J connectivity index is 2.88. The van der Waals surface area contributed by atoms with Crippen molar-refractivity contribution in [3.63, 3.8) is 0 Å². The predicted molar refractivity (Wildman–Crippen MR) is 77.1 cm³/mol. The molecule has 1 aliphatic carbocycles. The Morgan fingerprint density at radius 3 is 2.10 bits per heavy atom. The molecule has 6 nitrogen and oxygen atoms in total. The molecule has 1 aromatic rings. The quantitative estimate of drug-likeness (QED) is 0.807. The summed E-state index contributed by atoms with van der Waals surface area (Å²) in [6.07, 6.45) is 0.788. The lowest BCUT2D eigenvalue weighted by molar-refractivity contribution is 0.0279. The third-order valence-electron chi connectivity index (χ3n) is 4.21. The largest absolute Gasteiger partial charge is 0.769 e. The lowest BCUT2D eigenvalue weighted by Crippen LogP contribution is -2.22. The van der Waals surface area contributed by atoms with E-state index in [1.54, 1.807) is 6.07 Å². The highest BCUT2D eigenvalue weighted by atomic mass is 16.8. The van der Waals surface area contributed by atoms with Gasteiger partial charge in [0, 0.05) is 5.69 Å². The fourth-order valence-electron chi connectivity index (χ4n) is 3.70. The van der Waals surface area contributed by atoms with Crippen LogP contribution in [0.5, 0.6) is 0 Å². The zero-order chi connectivity index (χ0) is 15.5. The summed E-state index contributed by atoms with van der Waals surface area (Å²) < 4.78 is 0. The molecule has 2 N–H and O–H groups in total. The summed E-state index contributed by atoms with van der Waals surface area (Å²) in [5.41, 5.74) is 1.37. The van der Waals surface area contributed by atoms with E-state index >= 15 is 0 Å². The molecule has 0 bridgehead atoms. The minimum absolute atomic E-state index is 0.0182. The van der Waals surface area contributed by atoms with Gasteiger partial charge < -0.3 is 15.6 Å². The molecule has 0 amide bonds. The van der Waals surface area contributed by atoms with Crippen molar-refractivity contribution in [3.05, 3.63) is 33.2 Å². The monoisotopic (exact) mass is 280 g/mol. The van der Waals surface area contributed by atoms with Gasteiger partial charge in [0.1, 0.15) is 5.69 Å². The van der Waals surface area contributed by atoms with Crippen LogP contribution >= 0.6 is 0 Å². The first-order chi connectivity index (χ1) is 8.99. The Kier molecular flexibility index (Phi) is 3.26. The predicted octanol–water partition coefficient (Wildman–Crippen LogP) is 3.34.